The molecule has 0 atom stereocenters. The Morgan fingerprint density at radius 1 is 1.00 bits per heavy atom. The van der Waals surface area contributed by atoms with Crippen LogP contribution in [0.25, 0.3) is 33.1 Å². The second-order valence-corrected chi connectivity index (χ2v) is 7.05. The van der Waals surface area contributed by atoms with Gasteiger partial charge in [-0.2, -0.15) is 5.10 Å². The highest BCUT2D eigenvalue weighted by molar-refractivity contribution is 5.86. The summed E-state index contributed by atoms with van der Waals surface area (Å²) < 4.78 is 31.1. The fraction of sp³-hybridized carbons (Fsp3) is 0.0909. The molecule has 3 aromatic heterocycles. The van der Waals surface area contributed by atoms with Crippen LogP contribution < -0.4 is 5.56 Å². The van der Waals surface area contributed by atoms with Gasteiger partial charge in [0, 0.05) is 22.8 Å². The Morgan fingerprint density at radius 2 is 1.80 bits per heavy atom. The monoisotopic (exact) mass is 403 g/mol. The number of hydrogen-bond acceptors (Lipinski definition) is 4. The molecule has 6 nitrogen and oxygen atoms in total. The van der Waals surface area contributed by atoms with Gasteiger partial charge < -0.3 is 0 Å². The molecule has 0 saturated carbocycles. The molecule has 0 unspecified atom stereocenters. The molecule has 0 aliphatic carbocycles. The van der Waals surface area contributed by atoms with E-state index in [1.165, 1.54) is 29.1 Å². The first-order chi connectivity index (χ1) is 14.5. The zero-order valence-corrected chi connectivity index (χ0v) is 15.9. The molecule has 0 aliphatic rings. The lowest BCUT2D eigenvalue weighted by atomic mass is 10.0. The summed E-state index contributed by atoms with van der Waals surface area (Å²) in [6.45, 7) is 1.64. The van der Waals surface area contributed by atoms with E-state index in [0.29, 0.717) is 22.2 Å². The number of rotatable bonds is 3. The Morgan fingerprint density at radius 3 is 2.60 bits per heavy atom. The molecule has 5 aromatic rings. The van der Waals surface area contributed by atoms with Crippen molar-refractivity contribution in [2.45, 2.75) is 13.5 Å². The number of fused-ring (bicyclic) bond motifs is 2. The van der Waals surface area contributed by atoms with E-state index < -0.39 is 17.2 Å². The predicted molar refractivity (Wildman–Crippen MR) is 109 cm³/mol. The van der Waals surface area contributed by atoms with Crippen molar-refractivity contribution >= 4 is 21.9 Å². The highest BCUT2D eigenvalue weighted by atomic mass is 19.1. The molecule has 0 bridgehead atoms. The van der Waals surface area contributed by atoms with Gasteiger partial charge in [-0.15, -0.1) is 0 Å². The molecule has 2 aromatic carbocycles. The van der Waals surface area contributed by atoms with Gasteiger partial charge in [-0.25, -0.2) is 13.8 Å². The number of nitrogens with zero attached hydrogens (tertiary/aromatic N) is 4. The second kappa shape index (κ2) is 6.84. The number of hydrogen-bond donors (Lipinski definition) is 1. The molecule has 3 heterocycles. The Hall–Kier alpha value is -3.94. The number of aromatic nitrogens is 5. The Labute approximate surface area is 168 Å². The van der Waals surface area contributed by atoms with Crippen molar-refractivity contribution in [2.75, 3.05) is 0 Å². The van der Waals surface area contributed by atoms with Crippen LogP contribution in [-0.4, -0.2) is 24.7 Å². The van der Waals surface area contributed by atoms with E-state index >= 15 is 0 Å². The molecule has 5 rings (SSSR count). The Balaban J connectivity index is 1.58. The van der Waals surface area contributed by atoms with Gasteiger partial charge in [-0.05, 0) is 42.3 Å². The molecule has 0 radical (unpaired) electrons. The van der Waals surface area contributed by atoms with Gasteiger partial charge in [0.2, 0.25) is 0 Å². The van der Waals surface area contributed by atoms with Crippen LogP contribution in [0.4, 0.5) is 8.78 Å². The van der Waals surface area contributed by atoms with Crippen molar-refractivity contribution in [2.24, 2.45) is 0 Å². The first-order valence-corrected chi connectivity index (χ1v) is 9.24. The van der Waals surface area contributed by atoms with Gasteiger partial charge in [0.1, 0.15) is 11.6 Å². The lowest BCUT2D eigenvalue weighted by molar-refractivity contribution is 0.545. The average molecular weight is 403 g/mol. The third kappa shape index (κ3) is 2.93. The number of halogens is 2. The molecular formula is C22H15F2N5O. The maximum absolute atomic E-state index is 14.9. The van der Waals surface area contributed by atoms with Gasteiger partial charge in [0.05, 0.1) is 35.5 Å². The lowest BCUT2D eigenvalue weighted by Crippen LogP contribution is -2.22. The molecule has 0 saturated heterocycles. The molecule has 0 spiro atoms. The number of nitrogens with one attached hydrogen (secondary N) is 1. The third-order valence-corrected chi connectivity index (χ3v) is 5.19. The Bertz CT molecular complexity index is 1470. The zero-order chi connectivity index (χ0) is 20.8. The molecule has 148 valence electrons. The molecule has 0 amide bonds. The summed E-state index contributed by atoms with van der Waals surface area (Å²) in [4.78, 5) is 20.3. The maximum atomic E-state index is 14.9. The van der Waals surface area contributed by atoms with Crippen molar-refractivity contribution in [1.82, 2.24) is 24.7 Å². The van der Waals surface area contributed by atoms with Crippen molar-refractivity contribution in [1.29, 1.82) is 0 Å². The minimum absolute atomic E-state index is 0.200. The zero-order valence-electron chi connectivity index (χ0n) is 15.9. The average Bonchev–Trinajstić information content (AvgIpc) is 3.12. The van der Waals surface area contributed by atoms with Gasteiger partial charge in [-0.1, -0.05) is 12.1 Å². The van der Waals surface area contributed by atoms with Crippen LogP contribution in [0.5, 0.6) is 0 Å². The highest BCUT2D eigenvalue weighted by Gasteiger charge is 2.16. The number of aryl methyl sites for hydroxylation is 1. The summed E-state index contributed by atoms with van der Waals surface area (Å²) in [5.74, 6) is -1.46. The van der Waals surface area contributed by atoms with Crippen LogP contribution in [0, 0.1) is 18.6 Å². The maximum Gasteiger partial charge on any atom is 0.269 e. The summed E-state index contributed by atoms with van der Waals surface area (Å²) in [5, 5.41) is 8.05. The van der Waals surface area contributed by atoms with E-state index in [0.717, 1.165) is 22.8 Å². The number of benzene rings is 2. The van der Waals surface area contributed by atoms with Crippen LogP contribution >= 0.6 is 0 Å². The van der Waals surface area contributed by atoms with Crippen LogP contribution in [0.2, 0.25) is 0 Å². The van der Waals surface area contributed by atoms with Crippen LogP contribution in [-0.2, 0) is 6.54 Å². The minimum atomic E-state index is -0.732. The fourth-order valence-corrected chi connectivity index (χ4v) is 3.58. The van der Waals surface area contributed by atoms with Crippen LogP contribution in [0.15, 0.2) is 59.8 Å². The molecule has 0 fully saturated rings. The predicted octanol–water partition coefficient (Wildman–Crippen LogP) is 3.97. The van der Waals surface area contributed by atoms with Crippen LogP contribution in [0.3, 0.4) is 0 Å². The standard InChI is InChI=1S/C22H15F2N5O/c1-12-15-3-2-13(8-20(15)28-27-12)14-6-17(23)16(18(24)7-14)11-29-21-9-25-5-4-19(21)26-10-22(29)30/h2-10H,11H2,1H3,(H,27,28). The Kier molecular flexibility index (Phi) is 4.13. The van der Waals surface area contributed by atoms with E-state index in [-0.39, 0.29) is 12.1 Å². The number of H-pyrrole nitrogens is 1. The van der Waals surface area contributed by atoms with Crippen molar-refractivity contribution in [3.8, 4) is 11.1 Å². The normalized spacial score (nSPS) is 11.4. The summed E-state index contributed by atoms with van der Waals surface area (Å²) in [6, 6.07) is 9.61. The van der Waals surface area contributed by atoms with Gasteiger partial charge >= 0.3 is 0 Å². The van der Waals surface area contributed by atoms with Crippen molar-refractivity contribution in [3.05, 3.63) is 88.2 Å². The first-order valence-electron chi connectivity index (χ1n) is 9.24. The van der Waals surface area contributed by atoms with Crippen LogP contribution in [0.1, 0.15) is 11.3 Å². The number of pyridine rings is 1. The molecule has 30 heavy (non-hydrogen) atoms. The smallest absolute Gasteiger partial charge is 0.269 e. The van der Waals surface area contributed by atoms with Gasteiger partial charge in [0.15, 0.2) is 0 Å². The van der Waals surface area contributed by atoms with Crippen molar-refractivity contribution < 1.29 is 8.78 Å². The lowest BCUT2D eigenvalue weighted by Gasteiger charge is -2.12. The van der Waals surface area contributed by atoms with E-state index in [1.807, 2.05) is 13.0 Å². The SMILES string of the molecule is Cc1[nH]nc2cc(-c3cc(F)c(Cn4c(=O)cnc5ccncc54)c(F)c3)ccc12. The highest BCUT2D eigenvalue weighted by Crippen LogP contribution is 2.28. The number of aromatic amines is 1. The van der Waals surface area contributed by atoms with Gasteiger partial charge in [0.25, 0.3) is 5.56 Å². The second-order valence-electron chi connectivity index (χ2n) is 7.05. The third-order valence-electron chi connectivity index (χ3n) is 5.19. The molecule has 0 aliphatic heterocycles. The topological polar surface area (TPSA) is 76.5 Å². The quantitative estimate of drug-likeness (QED) is 0.495. The summed E-state index contributed by atoms with van der Waals surface area (Å²) in [5.41, 5.74) is 2.95. The fourth-order valence-electron chi connectivity index (χ4n) is 3.58. The van der Waals surface area contributed by atoms with Crippen molar-refractivity contribution in [3.63, 3.8) is 0 Å². The van der Waals surface area contributed by atoms with E-state index in [4.69, 9.17) is 0 Å². The minimum Gasteiger partial charge on any atom is -0.299 e. The molecule has 1 N–H and O–H groups in total. The van der Waals surface area contributed by atoms with Gasteiger partial charge in [-0.3, -0.25) is 19.4 Å². The largest absolute Gasteiger partial charge is 0.299 e. The molecular weight excluding hydrogens is 388 g/mol. The van der Waals surface area contributed by atoms with E-state index in [1.54, 1.807) is 18.2 Å². The first kappa shape index (κ1) is 18.1. The summed E-state index contributed by atoms with van der Waals surface area (Å²) in [7, 11) is 0. The van der Waals surface area contributed by atoms with E-state index in [2.05, 4.69) is 20.2 Å². The molecule has 8 heteroatoms. The summed E-state index contributed by atoms with van der Waals surface area (Å²) in [6.07, 6.45) is 4.13. The summed E-state index contributed by atoms with van der Waals surface area (Å²) >= 11 is 0. The van der Waals surface area contributed by atoms with E-state index in [9.17, 15) is 13.6 Å².